The maximum atomic E-state index is 12.7. The van der Waals surface area contributed by atoms with Crippen molar-refractivity contribution in [1.82, 2.24) is 24.5 Å². The second-order valence-electron chi connectivity index (χ2n) is 9.11. The molecule has 0 fully saturated rings. The molecule has 0 unspecified atom stereocenters. The molecule has 162 valence electrons. The zero-order valence-corrected chi connectivity index (χ0v) is 19.5. The third-order valence-electron chi connectivity index (χ3n) is 4.49. The molecule has 0 atom stereocenters. The number of nitrogens with one attached hydrogen (secondary N) is 1. The van der Waals surface area contributed by atoms with Crippen molar-refractivity contribution in [2.45, 2.75) is 71.1 Å². The smallest absolute Gasteiger partial charge is 0.235 e. The van der Waals surface area contributed by atoms with Gasteiger partial charge in [0, 0.05) is 18.0 Å². The summed E-state index contributed by atoms with van der Waals surface area (Å²) in [5, 5.41) is 16.9. The second-order valence-corrected chi connectivity index (χ2v) is 10.1. The molecule has 0 saturated heterocycles. The molecule has 0 aliphatic carbocycles. The lowest BCUT2D eigenvalue weighted by Gasteiger charge is -2.23. The van der Waals surface area contributed by atoms with Gasteiger partial charge in [0.2, 0.25) is 5.91 Å². The number of hydrogen-bond donors (Lipinski definition) is 1. The summed E-state index contributed by atoms with van der Waals surface area (Å²) in [7, 11) is 0. The van der Waals surface area contributed by atoms with Crippen molar-refractivity contribution in [2.24, 2.45) is 0 Å². The molecule has 1 amide bonds. The standard InChI is InChI=1S/C21H30N6O2S/c1-8-26-18(14-10-9-11-29-14)23-24-19(26)30-13-17(28)22-16-12-15(20(2,3)4)25-27(16)21(5,6)7/h9-12H,8,13H2,1-7H3,(H,22,28). The fourth-order valence-corrected chi connectivity index (χ4v) is 3.73. The van der Waals surface area contributed by atoms with E-state index in [0.29, 0.717) is 29.1 Å². The lowest BCUT2D eigenvalue weighted by molar-refractivity contribution is -0.113. The molecule has 3 aromatic heterocycles. The highest BCUT2D eigenvalue weighted by Crippen LogP contribution is 2.29. The molecule has 1 N–H and O–H groups in total. The summed E-state index contributed by atoms with van der Waals surface area (Å²) >= 11 is 1.35. The van der Waals surface area contributed by atoms with Gasteiger partial charge < -0.3 is 9.73 Å². The van der Waals surface area contributed by atoms with Gasteiger partial charge in [-0.2, -0.15) is 5.10 Å². The van der Waals surface area contributed by atoms with E-state index in [1.54, 1.807) is 6.26 Å². The highest BCUT2D eigenvalue weighted by atomic mass is 32.2. The zero-order chi connectivity index (χ0) is 22.1. The minimum absolute atomic E-state index is 0.107. The van der Waals surface area contributed by atoms with Gasteiger partial charge in [-0.1, -0.05) is 32.5 Å². The lowest BCUT2D eigenvalue weighted by atomic mass is 9.92. The van der Waals surface area contributed by atoms with Gasteiger partial charge in [-0.3, -0.25) is 9.36 Å². The number of thioether (sulfide) groups is 1. The molecule has 0 aliphatic heterocycles. The molecule has 3 heterocycles. The number of amides is 1. The van der Waals surface area contributed by atoms with Crippen LogP contribution in [0.15, 0.2) is 34.0 Å². The molecule has 0 saturated carbocycles. The SMILES string of the molecule is CCn1c(SCC(=O)Nc2cc(C(C)(C)C)nn2C(C)(C)C)nnc1-c1ccco1. The molecular formula is C21H30N6O2S. The van der Waals surface area contributed by atoms with Gasteiger partial charge in [-0.25, -0.2) is 4.68 Å². The van der Waals surface area contributed by atoms with E-state index < -0.39 is 0 Å². The van der Waals surface area contributed by atoms with Crippen molar-refractivity contribution in [3.63, 3.8) is 0 Å². The Hall–Kier alpha value is -2.55. The Bertz CT molecular complexity index is 1010. The number of anilines is 1. The number of nitrogens with zero attached hydrogens (tertiary/aromatic N) is 5. The van der Waals surface area contributed by atoms with Crippen molar-refractivity contribution in [1.29, 1.82) is 0 Å². The lowest BCUT2D eigenvalue weighted by Crippen LogP contribution is -2.27. The summed E-state index contributed by atoms with van der Waals surface area (Å²) in [6.07, 6.45) is 1.61. The van der Waals surface area contributed by atoms with Crippen LogP contribution >= 0.6 is 11.8 Å². The number of aromatic nitrogens is 5. The van der Waals surface area contributed by atoms with Crippen molar-refractivity contribution in [3.8, 4) is 11.6 Å². The monoisotopic (exact) mass is 430 g/mol. The van der Waals surface area contributed by atoms with Crippen molar-refractivity contribution in [2.75, 3.05) is 11.1 Å². The fraction of sp³-hybridized carbons (Fsp3) is 0.524. The Balaban J connectivity index is 1.74. The van der Waals surface area contributed by atoms with Gasteiger partial charge in [-0.05, 0) is 39.8 Å². The van der Waals surface area contributed by atoms with Crippen molar-refractivity contribution in [3.05, 3.63) is 30.2 Å². The van der Waals surface area contributed by atoms with Crippen LogP contribution in [0.4, 0.5) is 5.82 Å². The number of hydrogen-bond acceptors (Lipinski definition) is 6. The average molecular weight is 431 g/mol. The molecule has 30 heavy (non-hydrogen) atoms. The Kier molecular flexibility index (Phi) is 6.12. The van der Waals surface area contributed by atoms with Crippen LogP contribution in [0.5, 0.6) is 0 Å². The third-order valence-corrected chi connectivity index (χ3v) is 5.45. The molecule has 3 rings (SSSR count). The van der Waals surface area contributed by atoms with Gasteiger partial charge in [0.15, 0.2) is 16.7 Å². The minimum atomic E-state index is -0.250. The van der Waals surface area contributed by atoms with E-state index >= 15 is 0 Å². The van der Waals surface area contributed by atoms with Gasteiger partial charge >= 0.3 is 0 Å². The van der Waals surface area contributed by atoms with Crippen LogP contribution in [0.2, 0.25) is 0 Å². The van der Waals surface area contributed by atoms with E-state index in [0.717, 1.165) is 5.69 Å². The normalized spacial score (nSPS) is 12.4. The molecule has 8 nitrogen and oxygen atoms in total. The van der Waals surface area contributed by atoms with Gasteiger partial charge in [-0.15, -0.1) is 10.2 Å². The summed E-state index contributed by atoms with van der Waals surface area (Å²) in [5.74, 6) is 2.12. The second kappa shape index (κ2) is 8.29. The van der Waals surface area contributed by atoms with E-state index in [1.807, 2.05) is 34.4 Å². The van der Waals surface area contributed by atoms with E-state index in [-0.39, 0.29) is 22.6 Å². The highest BCUT2D eigenvalue weighted by molar-refractivity contribution is 7.99. The first-order valence-electron chi connectivity index (χ1n) is 10.0. The molecule has 0 spiro atoms. The molecule has 9 heteroatoms. The molecule has 3 aromatic rings. The van der Waals surface area contributed by atoms with Crippen LogP contribution in [-0.4, -0.2) is 36.2 Å². The van der Waals surface area contributed by atoms with Crippen LogP contribution in [0, 0.1) is 0 Å². The molecule has 0 bridgehead atoms. The van der Waals surface area contributed by atoms with Gasteiger partial charge in [0.1, 0.15) is 5.82 Å². The summed E-state index contributed by atoms with van der Waals surface area (Å²) in [6, 6.07) is 5.61. The number of rotatable bonds is 6. The number of furan rings is 1. The number of carbonyl (C=O) groups excluding carboxylic acids is 1. The van der Waals surface area contributed by atoms with Crippen LogP contribution in [-0.2, 0) is 22.3 Å². The first-order valence-corrected chi connectivity index (χ1v) is 11.0. The van der Waals surface area contributed by atoms with E-state index in [2.05, 4.69) is 57.1 Å². The molecule has 0 aromatic carbocycles. The minimum Gasteiger partial charge on any atom is -0.461 e. The van der Waals surface area contributed by atoms with E-state index in [4.69, 9.17) is 9.52 Å². The van der Waals surface area contributed by atoms with Gasteiger partial charge in [0.25, 0.3) is 0 Å². The van der Waals surface area contributed by atoms with E-state index in [9.17, 15) is 4.79 Å². The Morgan fingerprint density at radius 3 is 2.50 bits per heavy atom. The Morgan fingerprint density at radius 1 is 1.20 bits per heavy atom. The largest absolute Gasteiger partial charge is 0.461 e. The quantitative estimate of drug-likeness (QED) is 0.578. The Morgan fingerprint density at radius 2 is 1.93 bits per heavy atom. The molecule has 0 aliphatic rings. The van der Waals surface area contributed by atoms with Crippen molar-refractivity contribution < 1.29 is 9.21 Å². The third kappa shape index (κ3) is 4.77. The maximum absolute atomic E-state index is 12.7. The molecule has 0 radical (unpaired) electrons. The summed E-state index contributed by atoms with van der Waals surface area (Å²) in [4.78, 5) is 12.7. The highest BCUT2D eigenvalue weighted by Gasteiger charge is 2.26. The maximum Gasteiger partial charge on any atom is 0.235 e. The predicted molar refractivity (Wildman–Crippen MR) is 119 cm³/mol. The number of carbonyl (C=O) groups is 1. The van der Waals surface area contributed by atoms with Crippen LogP contribution in [0.1, 0.15) is 54.2 Å². The van der Waals surface area contributed by atoms with Crippen LogP contribution in [0.25, 0.3) is 11.6 Å². The average Bonchev–Trinajstić information content (AvgIpc) is 3.36. The van der Waals surface area contributed by atoms with Crippen LogP contribution < -0.4 is 5.32 Å². The first-order chi connectivity index (χ1) is 14.0. The zero-order valence-electron chi connectivity index (χ0n) is 18.7. The predicted octanol–water partition coefficient (Wildman–Crippen LogP) is 4.54. The fourth-order valence-electron chi connectivity index (χ4n) is 2.93. The van der Waals surface area contributed by atoms with Crippen LogP contribution in [0.3, 0.4) is 0 Å². The van der Waals surface area contributed by atoms with Crippen molar-refractivity contribution >= 4 is 23.5 Å². The Labute approximate surface area is 181 Å². The topological polar surface area (TPSA) is 90.8 Å². The van der Waals surface area contributed by atoms with Gasteiger partial charge in [0.05, 0.1) is 23.2 Å². The summed E-state index contributed by atoms with van der Waals surface area (Å²) in [6.45, 7) is 15.2. The first kappa shape index (κ1) is 22.1. The van der Waals surface area contributed by atoms with E-state index in [1.165, 1.54) is 11.8 Å². The summed E-state index contributed by atoms with van der Waals surface area (Å²) < 4.78 is 9.25. The molecular weight excluding hydrogens is 400 g/mol. The summed E-state index contributed by atoms with van der Waals surface area (Å²) in [5.41, 5.74) is 0.582.